The summed E-state index contributed by atoms with van der Waals surface area (Å²) in [5, 5.41) is 0. The van der Waals surface area contributed by atoms with E-state index >= 15 is 0 Å². The lowest BCUT2D eigenvalue weighted by Gasteiger charge is -2.10. The molecule has 0 saturated carbocycles. The molecule has 0 spiro atoms. The maximum absolute atomic E-state index is 12.1. The number of benzene rings is 1. The Kier molecular flexibility index (Phi) is 4.69. The van der Waals surface area contributed by atoms with Gasteiger partial charge in [0.15, 0.2) is 18.7 Å². The second-order valence-corrected chi connectivity index (χ2v) is 4.25. The Balaban J connectivity index is 2.05. The minimum absolute atomic E-state index is 0.0316. The van der Waals surface area contributed by atoms with Gasteiger partial charge in [-0.05, 0) is 12.1 Å². The fourth-order valence-electron chi connectivity index (χ4n) is 1.64. The third-order valence-corrected chi connectivity index (χ3v) is 2.57. The summed E-state index contributed by atoms with van der Waals surface area (Å²) in [6.45, 7) is 0.358. The molecular formula is C14H12F3NO4. The number of rotatable bonds is 5. The average Bonchev–Trinajstić information content (AvgIpc) is 2.93. The summed E-state index contributed by atoms with van der Waals surface area (Å²) in [4.78, 5) is 15.7. The molecule has 0 fully saturated rings. The molecule has 0 amide bonds. The number of oxazole rings is 1. The number of halogens is 3. The molecule has 1 aromatic carbocycles. The predicted octanol–water partition coefficient (Wildman–Crippen LogP) is 3.40. The van der Waals surface area contributed by atoms with Gasteiger partial charge in [-0.25, -0.2) is 9.78 Å². The van der Waals surface area contributed by atoms with Crippen LogP contribution in [0.15, 0.2) is 35.1 Å². The first-order valence-corrected chi connectivity index (χ1v) is 6.33. The van der Waals surface area contributed by atoms with Crippen LogP contribution in [-0.2, 0) is 6.42 Å². The lowest BCUT2D eigenvalue weighted by atomic mass is 10.3. The van der Waals surface area contributed by atoms with Crippen LogP contribution in [0.4, 0.5) is 13.2 Å². The van der Waals surface area contributed by atoms with Crippen LogP contribution in [0.25, 0.3) is 0 Å². The van der Waals surface area contributed by atoms with Gasteiger partial charge in [-0.15, -0.1) is 0 Å². The van der Waals surface area contributed by atoms with Crippen molar-refractivity contribution in [2.45, 2.75) is 19.5 Å². The van der Waals surface area contributed by atoms with E-state index in [4.69, 9.17) is 9.15 Å². The summed E-state index contributed by atoms with van der Waals surface area (Å²) < 4.78 is 50.9. The number of hydrogen-bond acceptors (Lipinski definition) is 5. The van der Waals surface area contributed by atoms with Crippen molar-refractivity contribution >= 4 is 5.97 Å². The quantitative estimate of drug-likeness (QED) is 0.625. The van der Waals surface area contributed by atoms with Gasteiger partial charge in [0.1, 0.15) is 17.3 Å². The molecule has 1 aromatic heterocycles. The van der Waals surface area contributed by atoms with Gasteiger partial charge >= 0.3 is 12.1 Å². The zero-order valence-electron chi connectivity index (χ0n) is 11.5. The molecule has 0 bridgehead atoms. The first kappa shape index (κ1) is 15.9. The number of ether oxygens (including phenoxy) is 2. The fraction of sp³-hybridized carbons (Fsp3) is 0.286. The first-order valence-electron chi connectivity index (χ1n) is 6.33. The van der Waals surface area contributed by atoms with Crippen molar-refractivity contribution in [2.24, 2.45) is 0 Å². The molecule has 2 rings (SSSR count). The summed E-state index contributed by atoms with van der Waals surface area (Å²) in [7, 11) is 0. The Morgan fingerprint density at radius 3 is 2.73 bits per heavy atom. The van der Waals surface area contributed by atoms with Crippen LogP contribution in [-0.4, -0.2) is 23.7 Å². The van der Waals surface area contributed by atoms with Gasteiger partial charge in [0.2, 0.25) is 0 Å². The second kappa shape index (κ2) is 6.50. The van der Waals surface area contributed by atoms with E-state index in [9.17, 15) is 18.0 Å². The number of esters is 1. The highest BCUT2D eigenvalue weighted by atomic mass is 19.4. The summed E-state index contributed by atoms with van der Waals surface area (Å²) in [5.41, 5.74) is 0.0316. The largest absolute Gasteiger partial charge is 0.484 e. The molecule has 0 N–H and O–H groups in total. The Hall–Kier alpha value is -2.51. The highest BCUT2D eigenvalue weighted by Crippen LogP contribution is 2.23. The maximum atomic E-state index is 12.1. The van der Waals surface area contributed by atoms with Gasteiger partial charge in [-0.1, -0.05) is 13.0 Å². The fourth-order valence-corrected chi connectivity index (χ4v) is 1.64. The van der Waals surface area contributed by atoms with Crippen LogP contribution in [0, 0.1) is 0 Å². The van der Waals surface area contributed by atoms with Crippen molar-refractivity contribution in [2.75, 3.05) is 6.61 Å². The predicted molar refractivity (Wildman–Crippen MR) is 68.8 cm³/mol. The normalized spacial score (nSPS) is 11.3. The van der Waals surface area contributed by atoms with Crippen LogP contribution in [0.3, 0.4) is 0 Å². The number of nitrogens with zero attached hydrogens (tertiary/aromatic N) is 1. The molecule has 2 aromatic rings. The molecule has 5 nitrogen and oxygen atoms in total. The van der Waals surface area contributed by atoms with E-state index in [1.165, 1.54) is 24.3 Å². The smallest absolute Gasteiger partial charge is 0.422 e. The van der Waals surface area contributed by atoms with E-state index in [0.29, 0.717) is 12.2 Å². The van der Waals surface area contributed by atoms with E-state index in [0.717, 1.165) is 6.39 Å². The van der Waals surface area contributed by atoms with E-state index < -0.39 is 18.8 Å². The summed E-state index contributed by atoms with van der Waals surface area (Å²) in [6.07, 6.45) is -2.86. The molecule has 0 atom stereocenters. The van der Waals surface area contributed by atoms with Crippen molar-refractivity contribution in [3.63, 3.8) is 0 Å². The monoisotopic (exact) mass is 315 g/mol. The minimum Gasteiger partial charge on any atom is -0.484 e. The number of aryl methyl sites for hydroxylation is 1. The number of alkyl halides is 3. The molecule has 0 aliphatic carbocycles. The van der Waals surface area contributed by atoms with E-state index in [-0.39, 0.29) is 17.2 Å². The molecule has 0 unspecified atom stereocenters. The van der Waals surface area contributed by atoms with Crippen LogP contribution >= 0.6 is 0 Å². The number of hydrogen-bond donors (Lipinski definition) is 0. The van der Waals surface area contributed by atoms with Gasteiger partial charge in [0.25, 0.3) is 0 Å². The van der Waals surface area contributed by atoms with Crippen molar-refractivity contribution in [1.29, 1.82) is 0 Å². The standard InChI is InChI=1S/C14H12F3NO4/c1-2-11-12(18-8-21-11)13(19)22-10-5-3-4-9(6-10)20-7-14(15,16)17/h3-6,8H,2,7H2,1H3. The molecule has 8 heteroatoms. The Morgan fingerprint density at radius 1 is 1.32 bits per heavy atom. The zero-order valence-corrected chi connectivity index (χ0v) is 11.5. The van der Waals surface area contributed by atoms with Crippen molar-refractivity contribution in [3.8, 4) is 11.5 Å². The number of carbonyl (C=O) groups excluding carboxylic acids is 1. The molecule has 118 valence electrons. The van der Waals surface area contributed by atoms with Crippen molar-refractivity contribution in [1.82, 2.24) is 4.98 Å². The number of carbonyl (C=O) groups is 1. The molecule has 0 radical (unpaired) electrons. The zero-order chi connectivity index (χ0) is 16.2. The van der Waals surface area contributed by atoms with Crippen LogP contribution in [0.5, 0.6) is 11.5 Å². The van der Waals surface area contributed by atoms with E-state index in [2.05, 4.69) is 9.72 Å². The topological polar surface area (TPSA) is 61.6 Å². The van der Waals surface area contributed by atoms with E-state index in [1.54, 1.807) is 6.92 Å². The Morgan fingerprint density at radius 2 is 2.05 bits per heavy atom. The molecular weight excluding hydrogens is 303 g/mol. The van der Waals surface area contributed by atoms with Gasteiger partial charge in [0, 0.05) is 12.5 Å². The maximum Gasteiger partial charge on any atom is 0.422 e. The van der Waals surface area contributed by atoms with Gasteiger partial charge in [0.05, 0.1) is 0 Å². The second-order valence-electron chi connectivity index (χ2n) is 4.25. The Bertz CT molecular complexity index is 652. The molecule has 1 heterocycles. The summed E-state index contributed by atoms with van der Waals surface area (Å²) >= 11 is 0. The third-order valence-electron chi connectivity index (χ3n) is 2.57. The minimum atomic E-state index is -4.44. The molecule has 0 saturated heterocycles. The van der Waals surface area contributed by atoms with E-state index in [1.807, 2.05) is 0 Å². The van der Waals surface area contributed by atoms with Crippen LogP contribution in [0.1, 0.15) is 23.2 Å². The molecule has 0 aliphatic heterocycles. The van der Waals surface area contributed by atoms with Crippen LogP contribution in [0.2, 0.25) is 0 Å². The van der Waals surface area contributed by atoms with Crippen molar-refractivity contribution < 1.29 is 31.9 Å². The highest BCUT2D eigenvalue weighted by molar-refractivity contribution is 5.89. The Labute approximate surface area is 123 Å². The van der Waals surface area contributed by atoms with Crippen molar-refractivity contribution in [3.05, 3.63) is 42.1 Å². The summed E-state index contributed by atoms with van der Waals surface area (Å²) in [5.74, 6) is -0.388. The van der Waals surface area contributed by atoms with Crippen LogP contribution < -0.4 is 9.47 Å². The number of aromatic nitrogens is 1. The average molecular weight is 315 g/mol. The first-order chi connectivity index (χ1) is 10.4. The van der Waals surface area contributed by atoms with Gasteiger partial charge in [-0.2, -0.15) is 13.2 Å². The SMILES string of the molecule is CCc1ocnc1C(=O)Oc1cccc(OCC(F)(F)F)c1. The third kappa shape index (κ3) is 4.24. The summed E-state index contributed by atoms with van der Waals surface area (Å²) in [6, 6.07) is 5.36. The molecule has 0 aliphatic rings. The molecule has 22 heavy (non-hydrogen) atoms. The lowest BCUT2D eigenvalue weighted by Crippen LogP contribution is -2.19. The van der Waals surface area contributed by atoms with Gasteiger partial charge < -0.3 is 13.9 Å². The highest BCUT2D eigenvalue weighted by Gasteiger charge is 2.28. The lowest BCUT2D eigenvalue weighted by molar-refractivity contribution is -0.153. The van der Waals surface area contributed by atoms with Gasteiger partial charge in [-0.3, -0.25) is 0 Å².